The number of fused-ring (bicyclic) bond motifs is 2. The molecule has 5 rings (SSSR count). The van der Waals surface area contributed by atoms with Gasteiger partial charge in [0.15, 0.2) is 0 Å². The Morgan fingerprint density at radius 3 is 2.74 bits per heavy atom. The molecule has 1 saturated carbocycles. The molecular weight excluding hydrogens is 460 g/mol. The van der Waals surface area contributed by atoms with Crippen molar-refractivity contribution in [2.45, 2.75) is 49.2 Å². The second-order valence-electron chi connectivity index (χ2n) is 9.36. The fraction of sp³-hybridized carbons (Fsp3) is 0.385. The van der Waals surface area contributed by atoms with E-state index in [2.05, 4.69) is 28.3 Å². The van der Waals surface area contributed by atoms with Crippen LogP contribution in [0.5, 0.6) is 0 Å². The molecule has 180 valence electrons. The van der Waals surface area contributed by atoms with Crippen LogP contribution < -0.4 is 21.5 Å². The number of rotatable bonds is 5. The molecule has 0 bridgehead atoms. The van der Waals surface area contributed by atoms with E-state index in [1.54, 1.807) is 28.8 Å². The topological polar surface area (TPSA) is 117 Å². The molecule has 1 atom stereocenters. The highest BCUT2D eigenvalue weighted by Gasteiger charge is 2.29. The average molecular weight is 489 g/mol. The van der Waals surface area contributed by atoms with Gasteiger partial charge in [-0.3, -0.25) is 9.59 Å². The minimum atomic E-state index is -0.149. The number of nitriles is 1. The molecular formula is C26H28N6O2S. The molecule has 35 heavy (non-hydrogen) atoms. The van der Waals surface area contributed by atoms with Crippen LogP contribution in [0.4, 0.5) is 11.6 Å². The average Bonchev–Trinajstić information content (AvgIpc) is 2.89. The van der Waals surface area contributed by atoms with Crippen molar-refractivity contribution in [3.63, 3.8) is 0 Å². The van der Waals surface area contributed by atoms with E-state index < -0.39 is 0 Å². The van der Waals surface area contributed by atoms with Crippen LogP contribution in [0.25, 0.3) is 10.9 Å². The summed E-state index contributed by atoms with van der Waals surface area (Å²) >= 11 is 1.51. The van der Waals surface area contributed by atoms with Gasteiger partial charge in [0.05, 0.1) is 27.8 Å². The molecule has 8 nitrogen and oxygen atoms in total. The number of nitrogens with one attached hydrogen (secondary N) is 1. The van der Waals surface area contributed by atoms with Gasteiger partial charge in [-0.05, 0) is 67.3 Å². The minimum Gasteiger partial charge on any atom is -0.357 e. The van der Waals surface area contributed by atoms with Crippen LogP contribution in [0.15, 0.2) is 52.2 Å². The lowest BCUT2D eigenvalue weighted by Crippen LogP contribution is -2.43. The number of pyridine rings is 2. The maximum atomic E-state index is 12.7. The van der Waals surface area contributed by atoms with Gasteiger partial charge in [0.25, 0.3) is 5.56 Å². The Kier molecular flexibility index (Phi) is 6.50. The highest BCUT2D eigenvalue weighted by atomic mass is 32.2. The third kappa shape index (κ3) is 4.77. The quantitative estimate of drug-likeness (QED) is 0.566. The molecule has 0 spiro atoms. The predicted octanol–water partition coefficient (Wildman–Crippen LogP) is 3.33. The van der Waals surface area contributed by atoms with Gasteiger partial charge in [-0.1, -0.05) is 6.07 Å². The zero-order valence-electron chi connectivity index (χ0n) is 19.6. The second-order valence-corrected chi connectivity index (χ2v) is 10.4. The van der Waals surface area contributed by atoms with E-state index in [1.165, 1.54) is 11.8 Å². The predicted molar refractivity (Wildman–Crippen MR) is 139 cm³/mol. The number of thioether (sulfide) groups is 1. The molecule has 9 heteroatoms. The van der Waals surface area contributed by atoms with Crippen LogP contribution in [0.1, 0.15) is 31.2 Å². The molecule has 2 aliphatic rings. The monoisotopic (exact) mass is 488 g/mol. The lowest BCUT2D eigenvalue weighted by Gasteiger charge is -2.37. The number of nitrogens with two attached hydrogens (primary N) is 1. The van der Waals surface area contributed by atoms with Crippen molar-refractivity contribution in [1.82, 2.24) is 9.55 Å². The maximum Gasteiger partial charge on any atom is 0.251 e. The molecule has 3 heterocycles. The Labute approximate surface area is 208 Å². The Bertz CT molecular complexity index is 1370. The van der Waals surface area contributed by atoms with E-state index in [-0.39, 0.29) is 17.5 Å². The number of carbonyl (C=O) groups is 1. The van der Waals surface area contributed by atoms with Crippen LogP contribution in [-0.4, -0.2) is 40.3 Å². The van der Waals surface area contributed by atoms with Crippen LogP contribution in [0.3, 0.4) is 0 Å². The number of carbonyl (C=O) groups excluding carboxylic acids is 1. The first-order chi connectivity index (χ1) is 16.9. The van der Waals surface area contributed by atoms with Crippen molar-refractivity contribution in [2.24, 2.45) is 11.7 Å². The van der Waals surface area contributed by atoms with Gasteiger partial charge in [0.2, 0.25) is 5.91 Å². The summed E-state index contributed by atoms with van der Waals surface area (Å²) < 4.78 is 1.71. The summed E-state index contributed by atoms with van der Waals surface area (Å²) in [6.45, 7) is 0.431. The Morgan fingerprint density at radius 2 is 1.97 bits per heavy atom. The minimum absolute atomic E-state index is 0.0153. The van der Waals surface area contributed by atoms with Crippen LogP contribution in [0, 0.1) is 17.2 Å². The lowest BCUT2D eigenvalue weighted by molar-refractivity contribution is -0.113. The largest absolute Gasteiger partial charge is 0.357 e. The standard InChI is InChI=1S/C26H28N6O2S/c1-31(23-10-9-22-26(29-23)30-24(33)15-35-22)19-7-4-17(5-8-19)20(28)14-32-21-12-16(13-27)2-3-18(21)6-11-25(32)34/h2-3,6,9-12,17,19-20H,4-5,7-8,14-15,28H2,1H3,(H,29,30,33). The van der Waals surface area contributed by atoms with Crippen molar-refractivity contribution in [2.75, 3.05) is 23.0 Å². The van der Waals surface area contributed by atoms with Gasteiger partial charge in [0.1, 0.15) is 11.6 Å². The number of aromatic nitrogens is 2. The SMILES string of the molecule is CN(c1ccc2c(n1)NC(=O)CS2)C1CCC(C(N)Cn2c(=O)ccc3ccc(C#N)cc32)CC1. The molecule has 0 saturated heterocycles. The molecule has 2 aromatic heterocycles. The van der Waals surface area contributed by atoms with Gasteiger partial charge in [-0.25, -0.2) is 4.98 Å². The first-order valence-electron chi connectivity index (χ1n) is 11.9. The van der Waals surface area contributed by atoms with E-state index >= 15 is 0 Å². The second kappa shape index (κ2) is 9.72. The van der Waals surface area contributed by atoms with Gasteiger partial charge in [0, 0.05) is 31.7 Å². The third-order valence-corrected chi connectivity index (χ3v) is 8.28. The van der Waals surface area contributed by atoms with Gasteiger partial charge < -0.3 is 20.5 Å². The molecule has 1 unspecified atom stereocenters. The molecule has 0 radical (unpaired) electrons. The number of hydrogen-bond acceptors (Lipinski definition) is 7. The van der Waals surface area contributed by atoms with Crippen molar-refractivity contribution in [1.29, 1.82) is 5.26 Å². The number of benzene rings is 1. The fourth-order valence-corrected chi connectivity index (χ4v) is 5.92. The third-order valence-electron chi connectivity index (χ3n) is 7.23. The van der Waals surface area contributed by atoms with E-state index in [0.717, 1.165) is 47.3 Å². The Hall–Kier alpha value is -3.35. The molecule has 1 aliphatic heterocycles. The number of hydrogen-bond donors (Lipinski definition) is 2. The van der Waals surface area contributed by atoms with E-state index in [0.29, 0.717) is 35.6 Å². The van der Waals surface area contributed by atoms with Crippen molar-refractivity contribution in [3.8, 4) is 6.07 Å². The Balaban J connectivity index is 1.25. The molecule has 1 fully saturated rings. The van der Waals surface area contributed by atoms with Gasteiger partial charge in [-0.2, -0.15) is 5.26 Å². The van der Waals surface area contributed by atoms with Crippen molar-refractivity contribution >= 4 is 40.2 Å². The van der Waals surface area contributed by atoms with Crippen LogP contribution >= 0.6 is 11.8 Å². The normalized spacial score (nSPS) is 20.5. The van der Waals surface area contributed by atoms with Crippen molar-refractivity contribution < 1.29 is 4.79 Å². The summed E-state index contributed by atoms with van der Waals surface area (Å²) in [5.74, 6) is 2.23. The molecule has 3 N–H and O–H groups in total. The lowest BCUT2D eigenvalue weighted by atomic mass is 9.81. The first-order valence-corrected chi connectivity index (χ1v) is 12.9. The molecule has 1 aliphatic carbocycles. The summed E-state index contributed by atoms with van der Waals surface area (Å²) in [7, 11) is 2.06. The highest BCUT2D eigenvalue weighted by Crippen LogP contribution is 2.34. The summed E-state index contributed by atoms with van der Waals surface area (Å²) in [4.78, 5) is 32.3. The number of nitrogens with zero attached hydrogens (tertiary/aromatic N) is 4. The van der Waals surface area contributed by atoms with Gasteiger partial charge in [-0.15, -0.1) is 11.8 Å². The van der Waals surface area contributed by atoms with Crippen LogP contribution in [0.2, 0.25) is 0 Å². The zero-order valence-corrected chi connectivity index (χ0v) is 20.4. The maximum absolute atomic E-state index is 12.7. The molecule has 1 amide bonds. The summed E-state index contributed by atoms with van der Waals surface area (Å²) in [5, 5.41) is 13.1. The number of anilines is 2. The fourth-order valence-electron chi connectivity index (χ4n) is 5.16. The van der Waals surface area contributed by atoms with E-state index in [9.17, 15) is 14.9 Å². The summed E-state index contributed by atoms with van der Waals surface area (Å²) in [6.07, 6.45) is 3.91. The first kappa shape index (κ1) is 23.4. The zero-order chi connectivity index (χ0) is 24.5. The van der Waals surface area contributed by atoms with Gasteiger partial charge >= 0.3 is 0 Å². The number of amides is 1. The smallest absolute Gasteiger partial charge is 0.251 e. The van der Waals surface area contributed by atoms with Crippen LogP contribution in [-0.2, 0) is 11.3 Å². The Morgan fingerprint density at radius 1 is 1.20 bits per heavy atom. The van der Waals surface area contributed by atoms with Crippen molar-refractivity contribution in [3.05, 3.63) is 58.4 Å². The van der Waals surface area contributed by atoms with E-state index in [1.807, 2.05) is 18.2 Å². The van der Waals surface area contributed by atoms with E-state index in [4.69, 9.17) is 5.73 Å². The molecule has 3 aromatic rings. The summed E-state index contributed by atoms with van der Waals surface area (Å²) in [6, 6.07) is 15.2. The molecule has 1 aromatic carbocycles. The summed E-state index contributed by atoms with van der Waals surface area (Å²) in [5.41, 5.74) is 7.83. The highest BCUT2D eigenvalue weighted by molar-refractivity contribution is 8.00.